The molecule has 0 spiro atoms. The standard InChI is InChI=1S/C15H21NO3/c1-15(2,3)19-14(17)16-12-9-11(12)10-7-5-6-8-13(10)18-4/h5-8,11-12H,9H2,1-4H3,(H,16,17)/t11-,12+/m0/s1. The number of amides is 1. The SMILES string of the molecule is COc1ccccc1[C@@H]1C[C@H]1NC(=O)OC(C)(C)C. The molecule has 1 aliphatic carbocycles. The van der Waals surface area contributed by atoms with Gasteiger partial charge in [-0.05, 0) is 38.8 Å². The van der Waals surface area contributed by atoms with Crippen LogP contribution >= 0.6 is 0 Å². The van der Waals surface area contributed by atoms with Gasteiger partial charge in [0, 0.05) is 12.0 Å². The van der Waals surface area contributed by atoms with Crippen LogP contribution in [0.2, 0.25) is 0 Å². The van der Waals surface area contributed by atoms with Gasteiger partial charge in [-0.3, -0.25) is 0 Å². The fourth-order valence-corrected chi connectivity index (χ4v) is 2.13. The third kappa shape index (κ3) is 3.63. The van der Waals surface area contributed by atoms with E-state index in [2.05, 4.69) is 5.32 Å². The van der Waals surface area contributed by atoms with Gasteiger partial charge in [0.25, 0.3) is 0 Å². The third-order valence-electron chi connectivity index (χ3n) is 3.03. The topological polar surface area (TPSA) is 47.6 Å². The molecule has 4 nitrogen and oxygen atoms in total. The van der Waals surface area contributed by atoms with E-state index in [1.165, 1.54) is 0 Å². The summed E-state index contributed by atoms with van der Waals surface area (Å²) in [4.78, 5) is 11.7. The lowest BCUT2D eigenvalue weighted by molar-refractivity contribution is 0.0522. The first-order valence-corrected chi connectivity index (χ1v) is 6.53. The molecule has 4 heteroatoms. The molecule has 0 heterocycles. The van der Waals surface area contributed by atoms with E-state index >= 15 is 0 Å². The van der Waals surface area contributed by atoms with Gasteiger partial charge in [0.05, 0.1) is 7.11 Å². The van der Waals surface area contributed by atoms with Crippen LogP contribution in [0.15, 0.2) is 24.3 Å². The van der Waals surface area contributed by atoms with Crippen molar-refractivity contribution >= 4 is 6.09 Å². The highest BCUT2D eigenvalue weighted by Gasteiger charge is 2.41. The van der Waals surface area contributed by atoms with E-state index in [-0.39, 0.29) is 12.1 Å². The van der Waals surface area contributed by atoms with Crippen molar-refractivity contribution in [2.24, 2.45) is 0 Å². The number of para-hydroxylation sites is 1. The maximum atomic E-state index is 11.7. The van der Waals surface area contributed by atoms with Gasteiger partial charge in [-0.2, -0.15) is 0 Å². The van der Waals surface area contributed by atoms with Crippen LogP contribution in [0.5, 0.6) is 5.75 Å². The number of methoxy groups -OCH3 is 1. The number of ether oxygens (including phenoxy) is 2. The Morgan fingerprint density at radius 2 is 2.00 bits per heavy atom. The Bertz CT molecular complexity index is 465. The Morgan fingerprint density at radius 1 is 1.32 bits per heavy atom. The Hall–Kier alpha value is -1.71. The van der Waals surface area contributed by atoms with Gasteiger partial charge >= 0.3 is 6.09 Å². The monoisotopic (exact) mass is 263 g/mol. The number of hydrogen-bond donors (Lipinski definition) is 1. The maximum absolute atomic E-state index is 11.7. The van der Waals surface area contributed by atoms with Gasteiger partial charge in [0.15, 0.2) is 0 Å². The summed E-state index contributed by atoms with van der Waals surface area (Å²) in [5.74, 6) is 1.20. The van der Waals surface area contributed by atoms with E-state index in [1.807, 2.05) is 45.0 Å². The molecule has 0 radical (unpaired) electrons. The van der Waals surface area contributed by atoms with Crippen molar-refractivity contribution in [3.8, 4) is 5.75 Å². The van der Waals surface area contributed by atoms with Gasteiger partial charge in [-0.15, -0.1) is 0 Å². The van der Waals surface area contributed by atoms with Gasteiger partial charge in [0.1, 0.15) is 11.4 Å². The minimum atomic E-state index is -0.459. The molecule has 1 aromatic carbocycles. The minimum Gasteiger partial charge on any atom is -0.496 e. The summed E-state index contributed by atoms with van der Waals surface area (Å²) in [6, 6.07) is 8.06. The Kier molecular flexibility index (Phi) is 3.69. The van der Waals surface area contributed by atoms with Gasteiger partial charge in [0.2, 0.25) is 0 Å². The van der Waals surface area contributed by atoms with Crippen molar-refractivity contribution in [2.45, 2.75) is 44.8 Å². The lowest BCUT2D eigenvalue weighted by atomic mass is 10.1. The molecule has 1 aromatic rings. The van der Waals surface area contributed by atoms with Crippen molar-refractivity contribution in [3.05, 3.63) is 29.8 Å². The highest BCUT2D eigenvalue weighted by molar-refractivity contribution is 5.69. The molecule has 0 saturated heterocycles. The summed E-state index contributed by atoms with van der Waals surface area (Å²) < 4.78 is 10.6. The zero-order valence-electron chi connectivity index (χ0n) is 11.9. The fourth-order valence-electron chi connectivity index (χ4n) is 2.13. The molecule has 0 aromatic heterocycles. The molecule has 104 valence electrons. The zero-order chi connectivity index (χ0) is 14.0. The van der Waals surface area contributed by atoms with E-state index in [0.717, 1.165) is 17.7 Å². The largest absolute Gasteiger partial charge is 0.496 e. The molecule has 2 atom stereocenters. The number of hydrogen-bond acceptors (Lipinski definition) is 3. The van der Waals surface area contributed by atoms with Crippen LogP contribution in [0.3, 0.4) is 0 Å². The highest BCUT2D eigenvalue weighted by atomic mass is 16.6. The summed E-state index contributed by atoms with van der Waals surface area (Å²) >= 11 is 0. The Labute approximate surface area is 114 Å². The van der Waals surface area contributed by atoms with Crippen LogP contribution in [-0.2, 0) is 4.74 Å². The predicted octanol–water partition coefficient (Wildman–Crippen LogP) is 3.08. The molecule has 1 saturated carbocycles. The number of rotatable bonds is 3. The molecular formula is C15H21NO3. The number of alkyl carbamates (subject to hydrolysis) is 1. The molecule has 1 N–H and O–H groups in total. The molecule has 1 aliphatic rings. The molecule has 0 unspecified atom stereocenters. The molecule has 19 heavy (non-hydrogen) atoms. The zero-order valence-corrected chi connectivity index (χ0v) is 11.9. The second-order valence-corrected chi connectivity index (χ2v) is 5.84. The summed E-state index contributed by atoms with van der Waals surface area (Å²) in [6.45, 7) is 5.57. The number of benzene rings is 1. The van der Waals surface area contributed by atoms with Gasteiger partial charge in [-0.1, -0.05) is 18.2 Å². The molecule has 1 amide bonds. The number of carbonyl (C=O) groups excluding carboxylic acids is 1. The summed E-state index contributed by atoms with van der Waals surface area (Å²) in [5, 5.41) is 2.89. The Morgan fingerprint density at radius 3 is 2.63 bits per heavy atom. The average molecular weight is 263 g/mol. The molecule has 1 fully saturated rings. The predicted molar refractivity (Wildman–Crippen MR) is 73.5 cm³/mol. The van der Waals surface area contributed by atoms with E-state index in [4.69, 9.17) is 9.47 Å². The van der Waals surface area contributed by atoms with E-state index in [0.29, 0.717) is 5.92 Å². The molecule has 0 aliphatic heterocycles. The van der Waals surface area contributed by atoms with Crippen LogP contribution in [0.1, 0.15) is 38.7 Å². The maximum Gasteiger partial charge on any atom is 0.407 e. The van der Waals surface area contributed by atoms with Crippen LogP contribution in [0.4, 0.5) is 4.79 Å². The fraction of sp³-hybridized carbons (Fsp3) is 0.533. The van der Waals surface area contributed by atoms with Gasteiger partial charge in [-0.25, -0.2) is 4.79 Å². The van der Waals surface area contributed by atoms with Gasteiger partial charge < -0.3 is 14.8 Å². The van der Waals surface area contributed by atoms with Crippen LogP contribution in [-0.4, -0.2) is 24.8 Å². The molecular weight excluding hydrogens is 242 g/mol. The summed E-state index contributed by atoms with van der Waals surface area (Å²) in [5.41, 5.74) is 0.685. The van der Waals surface area contributed by atoms with Crippen LogP contribution < -0.4 is 10.1 Å². The first-order chi connectivity index (χ1) is 8.90. The molecule has 0 bridgehead atoms. The van der Waals surface area contributed by atoms with Crippen molar-refractivity contribution in [1.29, 1.82) is 0 Å². The molecule has 2 rings (SSSR count). The van der Waals surface area contributed by atoms with Crippen molar-refractivity contribution < 1.29 is 14.3 Å². The van der Waals surface area contributed by atoms with E-state index in [9.17, 15) is 4.79 Å². The smallest absolute Gasteiger partial charge is 0.407 e. The lowest BCUT2D eigenvalue weighted by Gasteiger charge is -2.19. The summed E-state index contributed by atoms with van der Waals surface area (Å²) in [6.07, 6.45) is 0.578. The van der Waals surface area contributed by atoms with Crippen molar-refractivity contribution in [1.82, 2.24) is 5.32 Å². The first-order valence-electron chi connectivity index (χ1n) is 6.53. The van der Waals surface area contributed by atoms with Crippen LogP contribution in [0, 0.1) is 0 Å². The van der Waals surface area contributed by atoms with Crippen LogP contribution in [0.25, 0.3) is 0 Å². The van der Waals surface area contributed by atoms with E-state index in [1.54, 1.807) is 7.11 Å². The third-order valence-corrected chi connectivity index (χ3v) is 3.03. The summed E-state index contributed by atoms with van der Waals surface area (Å²) in [7, 11) is 1.66. The van der Waals surface area contributed by atoms with Crippen molar-refractivity contribution in [3.63, 3.8) is 0 Å². The van der Waals surface area contributed by atoms with E-state index < -0.39 is 5.60 Å². The first kappa shape index (κ1) is 13.7. The number of carbonyl (C=O) groups is 1. The normalized spacial score (nSPS) is 21.7. The lowest BCUT2D eigenvalue weighted by Crippen LogP contribution is -2.34. The average Bonchev–Trinajstić information content (AvgIpc) is 3.05. The second kappa shape index (κ2) is 5.11. The number of nitrogens with one attached hydrogen (secondary N) is 1. The highest BCUT2D eigenvalue weighted by Crippen LogP contribution is 2.44. The second-order valence-electron chi connectivity index (χ2n) is 5.84. The minimum absolute atomic E-state index is 0.145. The Balaban J connectivity index is 1.92. The van der Waals surface area contributed by atoms with Crippen molar-refractivity contribution in [2.75, 3.05) is 7.11 Å². The quantitative estimate of drug-likeness (QED) is 0.911.